The summed E-state index contributed by atoms with van der Waals surface area (Å²) in [5.74, 6) is 1.18. The topological polar surface area (TPSA) is 28.2 Å². The van der Waals surface area contributed by atoms with Crippen LogP contribution in [0.4, 0.5) is 5.82 Å². The first-order valence-electron chi connectivity index (χ1n) is 6.73. The molecular formula is C14H23N3. The molecule has 2 rings (SSSR count). The van der Waals surface area contributed by atoms with E-state index in [2.05, 4.69) is 29.3 Å². The van der Waals surface area contributed by atoms with E-state index in [4.69, 9.17) is 4.98 Å². The molecule has 94 valence electrons. The summed E-state index contributed by atoms with van der Waals surface area (Å²) in [5.41, 5.74) is 2.55. The second-order valence-electron chi connectivity index (χ2n) is 4.76. The number of hydrogen-bond donors (Lipinski definition) is 1. The van der Waals surface area contributed by atoms with Crippen molar-refractivity contribution in [2.45, 2.75) is 39.2 Å². The fourth-order valence-corrected chi connectivity index (χ4v) is 2.41. The van der Waals surface area contributed by atoms with Crippen molar-refractivity contribution in [3.05, 3.63) is 23.4 Å². The highest BCUT2D eigenvalue weighted by molar-refractivity contribution is 5.43. The molecular weight excluding hydrogens is 210 g/mol. The molecule has 1 aromatic rings. The lowest BCUT2D eigenvalue weighted by Crippen LogP contribution is -2.30. The first-order chi connectivity index (χ1) is 8.33. The van der Waals surface area contributed by atoms with Gasteiger partial charge in [0, 0.05) is 25.3 Å². The highest BCUT2D eigenvalue weighted by Crippen LogP contribution is 2.20. The van der Waals surface area contributed by atoms with E-state index in [1.807, 2.05) is 7.05 Å². The molecule has 0 aromatic carbocycles. The van der Waals surface area contributed by atoms with Gasteiger partial charge in [0.1, 0.15) is 5.82 Å². The SMILES string of the molecule is CCc1cc(CNC)cc(N2CCCCC2)n1. The molecule has 0 radical (unpaired) electrons. The van der Waals surface area contributed by atoms with Gasteiger partial charge in [0.05, 0.1) is 0 Å². The van der Waals surface area contributed by atoms with Crippen molar-refractivity contribution in [2.75, 3.05) is 25.0 Å². The lowest BCUT2D eigenvalue weighted by Gasteiger charge is -2.28. The van der Waals surface area contributed by atoms with Crippen LogP contribution in [0.2, 0.25) is 0 Å². The van der Waals surface area contributed by atoms with Crippen molar-refractivity contribution in [1.29, 1.82) is 0 Å². The Morgan fingerprint density at radius 1 is 1.24 bits per heavy atom. The highest BCUT2D eigenvalue weighted by atomic mass is 15.2. The van der Waals surface area contributed by atoms with Gasteiger partial charge in [-0.25, -0.2) is 4.98 Å². The van der Waals surface area contributed by atoms with E-state index in [0.717, 1.165) is 13.0 Å². The fourth-order valence-electron chi connectivity index (χ4n) is 2.41. The molecule has 0 unspecified atom stereocenters. The highest BCUT2D eigenvalue weighted by Gasteiger charge is 2.13. The molecule has 1 aliphatic rings. The summed E-state index contributed by atoms with van der Waals surface area (Å²) < 4.78 is 0. The summed E-state index contributed by atoms with van der Waals surface area (Å²) in [7, 11) is 1.99. The molecule has 1 N–H and O–H groups in total. The van der Waals surface area contributed by atoms with Crippen LogP contribution >= 0.6 is 0 Å². The van der Waals surface area contributed by atoms with Crippen LogP contribution in [0.25, 0.3) is 0 Å². The van der Waals surface area contributed by atoms with Crippen LogP contribution in [0.1, 0.15) is 37.4 Å². The van der Waals surface area contributed by atoms with Crippen LogP contribution in [0, 0.1) is 0 Å². The normalized spacial score (nSPS) is 16.2. The Labute approximate surface area is 104 Å². The van der Waals surface area contributed by atoms with Gasteiger partial charge in [-0.2, -0.15) is 0 Å². The van der Waals surface area contributed by atoms with Crippen LogP contribution in [0.3, 0.4) is 0 Å². The third-order valence-electron chi connectivity index (χ3n) is 3.35. The van der Waals surface area contributed by atoms with Gasteiger partial charge in [0.15, 0.2) is 0 Å². The third-order valence-corrected chi connectivity index (χ3v) is 3.35. The van der Waals surface area contributed by atoms with Gasteiger partial charge in [0.2, 0.25) is 0 Å². The van der Waals surface area contributed by atoms with Gasteiger partial charge in [-0.15, -0.1) is 0 Å². The van der Waals surface area contributed by atoms with Gasteiger partial charge in [-0.1, -0.05) is 6.92 Å². The number of nitrogens with one attached hydrogen (secondary N) is 1. The third kappa shape index (κ3) is 3.19. The molecule has 1 fully saturated rings. The van der Waals surface area contributed by atoms with Gasteiger partial charge in [0.25, 0.3) is 0 Å². The summed E-state index contributed by atoms with van der Waals surface area (Å²) in [4.78, 5) is 7.19. The van der Waals surface area contributed by atoms with E-state index < -0.39 is 0 Å². The van der Waals surface area contributed by atoms with Crippen molar-refractivity contribution < 1.29 is 0 Å². The van der Waals surface area contributed by atoms with Crippen molar-refractivity contribution in [3.8, 4) is 0 Å². The number of aryl methyl sites for hydroxylation is 1. The number of aromatic nitrogens is 1. The predicted molar refractivity (Wildman–Crippen MR) is 72.4 cm³/mol. The molecule has 3 nitrogen and oxygen atoms in total. The Kier molecular flexibility index (Phi) is 4.37. The molecule has 1 saturated heterocycles. The second-order valence-corrected chi connectivity index (χ2v) is 4.76. The average Bonchev–Trinajstić information content (AvgIpc) is 2.40. The Morgan fingerprint density at radius 3 is 2.65 bits per heavy atom. The molecule has 1 aromatic heterocycles. The monoisotopic (exact) mass is 233 g/mol. The standard InChI is InChI=1S/C14H23N3/c1-3-13-9-12(11-15-2)10-14(16-13)17-7-5-4-6-8-17/h9-10,15H,3-8,11H2,1-2H3. The smallest absolute Gasteiger partial charge is 0.129 e. The van der Waals surface area contributed by atoms with Crippen LogP contribution in [0.5, 0.6) is 0 Å². The minimum Gasteiger partial charge on any atom is -0.357 e. The molecule has 17 heavy (non-hydrogen) atoms. The molecule has 0 saturated carbocycles. The Morgan fingerprint density at radius 2 is 2.00 bits per heavy atom. The van der Waals surface area contributed by atoms with Crippen LogP contribution in [-0.2, 0) is 13.0 Å². The van der Waals surface area contributed by atoms with Crippen LogP contribution in [0.15, 0.2) is 12.1 Å². The van der Waals surface area contributed by atoms with Crippen molar-refractivity contribution in [2.24, 2.45) is 0 Å². The number of piperidine rings is 1. The zero-order valence-electron chi connectivity index (χ0n) is 11.0. The van der Waals surface area contributed by atoms with Crippen LogP contribution < -0.4 is 10.2 Å². The molecule has 3 heteroatoms. The van der Waals surface area contributed by atoms with Gasteiger partial charge in [-0.05, 0) is 50.4 Å². The molecule has 1 aliphatic heterocycles. The summed E-state index contributed by atoms with van der Waals surface area (Å²) >= 11 is 0. The maximum Gasteiger partial charge on any atom is 0.129 e. The molecule has 0 aliphatic carbocycles. The van der Waals surface area contributed by atoms with Crippen molar-refractivity contribution in [3.63, 3.8) is 0 Å². The fraction of sp³-hybridized carbons (Fsp3) is 0.643. The minimum atomic E-state index is 0.927. The molecule has 0 bridgehead atoms. The number of pyridine rings is 1. The van der Waals surface area contributed by atoms with E-state index in [1.54, 1.807) is 0 Å². The molecule has 2 heterocycles. The lowest BCUT2D eigenvalue weighted by atomic mass is 10.1. The maximum absolute atomic E-state index is 4.76. The summed E-state index contributed by atoms with van der Waals surface area (Å²) in [5, 5.41) is 3.22. The average molecular weight is 233 g/mol. The molecule has 0 spiro atoms. The molecule has 0 atom stereocenters. The summed E-state index contributed by atoms with van der Waals surface area (Å²) in [6, 6.07) is 4.45. The van der Waals surface area contributed by atoms with Gasteiger partial charge < -0.3 is 10.2 Å². The molecule has 0 amide bonds. The number of rotatable bonds is 4. The van der Waals surface area contributed by atoms with Crippen molar-refractivity contribution >= 4 is 5.82 Å². The number of nitrogens with zero attached hydrogens (tertiary/aromatic N) is 2. The zero-order valence-corrected chi connectivity index (χ0v) is 11.0. The Balaban J connectivity index is 2.21. The Bertz CT molecular complexity index is 356. The maximum atomic E-state index is 4.76. The van der Waals surface area contributed by atoms with E-state index in [-0.39, 0.29) is 0 Å². The van der Waals surface area contributed by atoms with E-state index in [9.17, 15) is 0 Å². The second kappa shape index (κ2) is 6.01. The first kappa shape index (κ1) is 12.4. The van der Waals surface area contributed by atoms with E-state index in [1.165, 1.54) is 49.4 Å². The van der Waals surface area contributed by atoms with Crippen molar-refractivity contribution in [1.82, 2.24) is 10.3 Å². The largest absolute Gasteiger partial charge is 0.357 e. The van der Waals surface area contributed by atoms with E-state index in [0.29, 0.717) is 0 Å². The number of hydrogen-bond acceptors (Lipinski definition) is 3. The summed E-state index contributed by atoms with van der Waals surface area (Å²) in [6.45, 7) is 5.43. The quantitative estimate of drug-likeness (QED) is 0.865. The summed E-state index contributed by atoms with van der Waals surface area (Å²) in [6.07, 6.45) is 4.99. The van der Waals surface area contributed by atoms with Crippen LogP contribution in [-0.4, -0.2) is 25.1 Å². The zero-order chi connectivity index (χ0) is 12.1. The first-order valence-corrected chi connectivity index (χ1v) is 6.73. The lowest BCUT2D eigenvalue weighted by molar-refractivity contribution is 0.572. The predicted octanol–water partition coefficient (Wildman–Crippen LogP) is 2.35. The van der Waals surface area contributed by atoms with Gasteiger partial charge >= 0.3 is 0 Å². The van der Waals surface area contributed by atoms with Gasteiger partial charge in [-0.3, -0.25) is 0 Å². The minimum absolute atomic E-state index is 0.927. The number of anilines is 1. The van der Waals surface area contributed by atoms with E-state index >= 15 is 0 Å². The Hall–Kier alpha value is -1.09.